The van der Waals surface area contributed by atoms with Crippen molar-refractivity contribution in [2.75, 3.05) is 19.7 Å². The lowest BCUT2D eigenvalue weighted by Gasteiger charge is -2.44. The molecular formula is C28H28F4N2O3. The summed E-state index contributed by atoms with van der Waals surface area (Å²) in [6.45, 7) is 5.88. The Hall–Kier alpha value is -3.59. The molecule has 5 nitrogen and oxygen atoms in total. The molecule has 0 spiro atoms. The molecule has 0 saturated carbocycles. The number of carbonyl (C=O) groups excluding carboxylic acids is 1. The molecule has 0 N–H and O–H groups in total. The van der Waals surface area contributed by atoms with Crippen molar-refractivity contribution in [3.8, 4) is 17.2 Å². The Balaban J connectivity index is 1.26. The standard InChI is InChI=1S/C28H28F4N2O3/c1-19-16-34(20(2)15-33(19)17-21-3-7-23(29)8-4-21)27(35)18-36-24-11-13-26(14-12-24)37-25-9-5-22(6-10-25)28(30,31)32/h3-14,19-20H,15-18H2,1-2H3. The maximum atomic E-state index is 13.2. The molecule has 0 bridgehead atoms. The number of piperazine rings is 1. The number of benzene rings is 3. The number of hydrogen-bond donors (Lipinski definition) is 0. The second-order valence-electron chi connectivity index (χ2n) is 9.18. The molecule has 4 rings (SSSR count). The van der Waals surface area contributed by atoms with Crippen molar-refractivity contribution in [1.82, 2.24) is 9.80 Å². The van der Waals surface area contributed by atoms with Crippen LogP contribution in [0.5, 0.6) is 17.2 Å². The van der Waals surface area contributed by atoms with E-state index in [0.717, 1.165) is 17.7 Å². The first-order valence-corrected chi connectivity index (χ1v) is 11.9. The maximum Gasteiger partial charge on any atom is 0.416 e. The van der Waals surface area contributed by atoms with Gasteiger partial charge in [-0.3, -0.25) is 9.69 Å². The topological polar surface area (TPSA) is 42.0 Å². The molecule has 2 atom stereocenters. The van der Waals surface area contributed by atoms with Crippen molar-refractivity contribution >= 4 is 5.91 Å². The first kappa shape index (κ1) is 26.5. The number of halogens is 4. The van der Waals surface area contributed by atoms with E-state index in [1.54, 1.807) is 36.4 Å². The summed E-state index contributed by atoms with van der Waals surface area (Å²) in [4.78, 5) is 17.0. The highest BCUT2D eigenvalue weighted by atomic mass is 19.4. The highest BCUT2D eigenvalue weighted by molar-refractivity contribution is 5.78. The van der Waals surface area contributed by atoms with Gasteiger partial charge < -0.3 is 14.4 Å². The van der Waals surface area contributed by atoms with Gasteiger partial charge in [-0.2, -0.15) is 13.2 Å². The maximum absolute atomic E-state index is 13.2. The molecule has 3 aromatic rings. The Morgan fingerprint density at radius 2 is 1.41 bits per heavy atom. The van der Waals surface area contributed by atoms with E-state index in [4.69, 9.17) is 9.47 Å². The fourth-order valence-corrected chi connectivity index (χ4v) is 4.27. The van der Waals surface area contributed by atoms with E-state index in [1.165, 1.54) is 24.3 Å². The number of rotatable bonds is 7. The smallest absolute Gasteiger partial charge is 0.416 e. The van der Waals surface area contributed by atoms with E-state index >= 15 is 0 Å². The number of nitrogens with zero attached hydrogens (tertiary/aromatic N) is 2. The van der Waals surface area contributed by atoms with Crippen LogP contribution >= 0.6 is 0 Å². The van der Waals surface area contributed by atoms with Gasteiger partial charge in [0, 0.05) is 31.7 Å². The normalized spacial score (nSPS) is 18.5. The zero-order valence-electron chi connectivity index (χ0n) is 20.5. The summed E-state index contributed by atoms with van der Waals surface area (Å²) in [5.74, 6) is 0.799. The number of ether oxygens (including phenoxy) is 2. The first-order chi connectivity index (χ1) is 17.6. The molecule has 37 heavy (non-hydrogen) atoms. The molecule has 2 unspecified atom stereocenters. The van der Waals surface area contributed by atoms with Crippen LogP contribution in [-0.4, -0.2) is 47.5 Å². The van der Waals surface area contributed by atoms with Gasteiger partial charge in [-0.25, -0.2) is 4.39 Å². The molecule has 1 heterocycles. The summed E-state index contributed by atoms with van der Waals surface area (Å²) in [6.07, 6.45) is -4.40. The lowest BCUT2D eigenvalue weighted by atomic mass is 10.1. The number of hydrogen-bond acceptors (Lipinski definition) is 4. The third-order valence-corrected chi connectivity index (χ3v) is 6.34. The van der Waals surface area contributed by atoms with Crippen LogP contribution in [0.2, 0.25) is 0 Å². The highest BCUT2D eigenvalue weighted by Crippen LogP contribution is 2.31. The molecule has 9 heteroatoms. The van der Waals surface area contributed by atoms with Gasteiger partial charge in [-0.05, 0) is 80.1 Å². The first-order valence-electron chi connectivity index (χ1n) is 11.9. The van der Waals surface area contributed by atoms with Crippen molar-refractivity contribution in [1.29, 1.82) is 0 Å². The molecule has 1 fully saturated rings. The lowest BCUT2D eigenvalue weighted by molar-refractivity contribution is -0.139. The summed E-state index contributed by atoms with van der Waals surface area (Å²) in [5.41, 5.74) is 0.278. The van der Waals surface area contributed by atoms with Gasteiger partial charge in [0.2, 0.25) is 0 Å². The minimum Gasteiger partial charge on any atom is -0.484 e. The monoisotopic (exact) mass is 516 g/mol. The molecule has 1 aliphatic rings. The van der Waals surface area contributed by atoms with E-state index in [-0.39, 0.29) is 36.2 Å². The predicted octanol–water partition coefficient (Wildman–Crippen LogP) is 6.14. The Labute approximate surface area is 213 Å². The van der Waals surface area contributed by atoms with Gasteiger partial charge in [0.15, 0.2) is 6.61 Å². The molecule has 196 valence electrons. The Morgan fingerprint density at radius 3 is 2.00 bits per heavy atom. The van der Waals surface area contributed by atoms with Crippen LogP contribution in [0, 0.1) is 5.82 Å². The highest BCUT2D eigenvalue weighted by Gasteiger charge is 2.32. The minimum absolute atomic E-state index is 0.00717. The molecule has 3 aromatic carbocycles. The van der Waals surface area contributed by atoms with Gasteiger partial charge in [-0.1, -0.05) is 12.1 Å². The van der Waals surface area contributed by atoms with Crippen molar-refractivity contribution in [2.24, 2.45) is 0 Å². The van der Waals surface area contributed by atoms with E-state index < -0.39 is 11.7 Å². The second kappa shape index (κ2) is 11.2. The van der Waals surface area contributed by atoms with Gasteiger partial charge in [0.25, 0.3) is 5.91 Å². The Kier molecular flexibility index (Phi) is 8.02. The van der Waals surface area contributed by atoms with Crippen LogP contribution < -0.4 is 9.47 Å². The van der Waals surface area contributed by atoms with Crippen LogP contribution in [0.4, 0.5) is 17.6 Å². The summed E-state index contributed by atoms with van der Waals surface area (Å²) in [6, 6.07) is 17.5. The average molecular weight is 517 g/mol. The van der Waals surface area contributed by atoms with E-state index in [9.17, 15) is 22.4 Å². The summed E-state index contributed by atoms with van der Waals surface area (Å²) < 4.78 is 62.5. The zero-order valence-corrected chi connectivity index (χ0v) is 20.5. The average Bonchev–Trinajstić information content (AvgIpc) is 2.86. The Morgan fingerprint density at radius 1 is 0.838 bits per heavy atom. The zero-order chi connectivity index (χ0) is 26.6. The van der Waals surface area contributed by atoms with Crippen LogP contribution in [0.3, 0.4) is 0 Å². The number of carbonyl (C=O) groups is 1. The third-order valence-electron chi connectivity index (χ3n) is 6.34. The van der Waals surface area contributed by atoms with Crippen molar-refractivity contribution in [3.05, 3.63) is 89.7 Å². The largest absolute Gasteiger partial charge is 0.484 e. The molecule has 0 aromatic heterocycles. The van der Waals surface area contributed by atoms with Gasteiger partial charge in [0.05, 0.1) is 5.56 Å². The lowest BCUT2D eigenvalue weighted by Crippen LogP contribution is -2.58. The van der Waals surface area contributed by atoms with Crippen LogP contribution in [0.25, 0.3) is 0 Å². The van der Waals surface area contributed by atoms with Crippen molar-refractivity contribution in [2.45, 2.75) is 38.7 Å². The van der Waals surface area contributed by atoms with Crippen molar-refractivity contribution < 1.29 is 31.8 Å². The molecule has 1 saturated heterocycles. The molecular weight excluding hydrogens is 488 g/mol. The van der Waals surface area contributed by atoms with Gasteiger partial charge in [-0.15, -0.1) is 0 Å². The van der Waals surface area contributed by atoms with Crippen molar-refractivity contribution in [3.63, 3.8) is 0 Å². The summed E-state index contributed by atoms with van der Waals surface area (Å²) in [7, 11) is 0. The van der Waals surface area contributed by atoms with E-state index in [0.29, 0.717) is 31.1 Å². The van der Waals surface area contributed by atoms with Gasteiger partial charge in [0.1, 0.15) is 23.1 Å². The van der Waals surface area contributed by atoms with Crippen LogP contribution in [-0.2, 0) is 17.5 Å². The SMILES string of the molecule is CC1CN(C(=O)COc2ccc(Oc3ccc(C(F)(F)F)cc3)cc2)C(C)CN1Cc1ccc(F)cc1. The Bertz CT molecular complexity index is 1180. The summed E-state index contributed by atoms with van der Waals surface area (Å²) in [5, 5.41) is 0. The molecule has 0 aliphatic carbocycles. The fraction of sp³-hybridized carbons (Fsp3) is 0.321. The second-order valence-corrected chi connectivity index (χ2v) is 9.18. The molecule has 1 aliphatic heterocycles. The summed E-state index contributed by atoms with van der Waals surface area (Å²) >= 11 is 0. The van der Waals surface area contributed by atoms with E-state index in [2.05, 4.69) is 11.8 Å². The van der Waals surface area contributed by atoms with Crippen LogP contribution in [0.15, 0.2) is 72.8 Å². The van der Waals surface area contributed by atoms with E-state index in [1.807, 2.05) is 11.8 Å². The number of alkyl halides is 3. The number of amides is 1. The quantitative estimate of drug-likeness (QED) is 0.354. The molecule has 1 amide bonds. The minimum atomic E-state index is -4.40. The predicted molar refractivity (Wildman–Crippen MR) is 131 cm³/mol. The molecule has 0 radical (unpaired) electrons. The third kappa shape index (κ3) is 7.01. The van der Waals surface area contributed by atoms with Gasteiger partial charge >= 0.3 is 6.18 Å². The fourth-order valence-electron chi connectivity index (χ4n) is 4.27. The van der Waals surface area contributed by atoms with Crippen LogP contribution in [0.1, 0.15) is 25.0 Å².